The summed E-state index contributed by atoms with van der Waals surface area (Å²) < 4.78 is 7.11. The number of amides is 1. The summed E-state index contributed by atoms with van der Waals surface area (Å²) in [5, 5.41) is 14.4. The van der Waals surface area contributed by atoms with Gasteiger partial charge in [-0.3, -0.25) is 4.79 Å². The summed E-state index contributed by atoms with van der Waals surface area (Å²) >= 11 is 0. The molecule has 1 aromatic heterocycles. The number of carbonyl (C=O) groups is 2. The highest BCUT2D eigenvalue weighted by molar-refractivity contribution is 5.96. The average Bonchev–Trinajstić information content (AvgIpc) is 2.95. The maximum absolute atomic E-state index is 12.7. The molecule has 9 heteroatoms. The molecule has 0 spiro atoms. The van der Waals surface area contributed by atoms with Crippen LogP contribution in [0.1, 0.15) is 69.2 Å². The van der Waals surface area contributed by atoms with E-state index in [1.165, 1.54) is 0 Å². The molecule has 0 aromatic carbocycles. The molecule has 0 aliphatic carbocycles. The van der Waals surface area contributed by atoms with Gasteiger partial charge >= 0.3 is 5.97 Å². The molecule has 1 saturated heterocycles. The Morgan fingerprint density at radius 2 is 1.89 bits per heavy atom. The maximum atomic E-state index is 12.7. The van der Waals surface area contributed by atoms with Crippen LogP contribution >= 0.6 is 12.4 Å². The number of hydrogen-bond acceptors (Lipinski definition) is 6. The van der Waals surface area contributed by atoms with Crippen molar-refractivity contribution in [1.82, 2.24) is 25.6 Å². The number of rotatable bonds is 7. The van der Waals surface area contributed by atoms with E-state index in [2.05, 4.69) is 20.9 Å². The minimum atomic E-state index is -0.687. The van der Waals surface area contributed by atoms with E-state index in [1.807, 2.05) is 25.5 Å². The fourth-order valence-corrected chi connectivity index (χ4v) is 3.18. The summed E-state index contributed by atoms with van der Waals surface area (Å²) in [6.07, 6.45) is 2.21. The van der Waals surface area contributed by atoms with Gasteiger partial charge in [0, 0.05) is 0 Å². The average molecular weight is 402 g/mol. The highest BCUT2D eigenvalue weighted by Gasteiger charge is 2.28. The van der Waals surface area contributed by atoms with Crippen LogP contribution in [0.5, 0.6) is 0 Å². The van der Waals surface area contributed by atoms with E-state index in [0.717, 1.165) is 31.6 Å². The van der Waals surface area contributed by atoms with Crippen molar-refractivity contribution < 1.29 is 14.3 Å². The number of nitrogens with one attached hydrogen (secondary N) is 2. The number of ether oxygens (including phenoxy) is 1. The van der Waals surface area contributed by atoms with E-state index in [1.54, 1.807) is 13.8 Å². The normalized spacial score (nSPS) is 16.1. The van der Waals surface area contributed by atoms with E-state index in [4.69, 9.17) is 4.74 Å². The first-order chi connectivity index (χ1) is 12.3. The third-order valence-electron chi connectivity index (χ3n) is 4.45. The van der Waals surface area contributed by atoms with Crippen molar-refractivity contribution in [2.45, 2.75) is 72.1 Å². The molecular formula is C18H32ClN5O3. The lowest BCUT2D eigenvalue weighted by molar-refractivity contribution is -0.150. The quantitative estimate of drug-likeness (QED) is 0.678. The van der Waals surface area contributed by atoms with Gasteiger partial charge in [-0.05, 0) is 59.0 Å². The van der Waals surface area contributed by atoms with Crippen molar-refractivity contribution in [3.8, 4) is 0 Å². The third kappa shape index (κ3) is 6.46. The van der Waals surface area contributed by atoms with E-state index in [0.29, 0.717) is 6.42 Å². The lowest BCUT2D eigenvalue weighted by Gasteiger charge is -2.23. The largest absolute Gasteiger partial charge is 0.461 e. The molecule has 0 radical (unpaired) electrons. The molecular weight excluding hydrogens is 370 g/mol. The van der Waals surface area contributed by atoms with Gasteiger partial charge in [0.1, 0.15) is 6.04 Å². The highest BCUT2D eigenvalue weighted by atomic mass is 35.5. The van der Waals surface area contributed by atoms with E-state index in [-0.39, 0.29) is 42.1 Å². The van der Waals surface area contributed by atoms with Gasteiger partial charge in [-0.1, -0.05) is 19.1 Å². The van der Waals surface area contributed by atoms with Gasteiger partial charge in [0.05, 0.1) is 17.8 Å². The first-order valence-electron chi connectivity index (χ1n) is 9.43. The van der Waals surface area contributed by atoms with Crippen LogP contribution in [0, 0.1) is 12.8 Å². The zero-order valence-electron chi connectivity index (χ0n) is 16.8. The van der Waals surface area contributed by atoms with Crippen LogP contribution in [-0.4, -0.2) is 52.1 Å². The Balaban J connectivity index is 0.00000364. The number of esters is 1. The number of carbonyl (C=O) groups excluding carboxylic acids is 2. The third-order valence-corrected chi connectivity index (χ3v) is 4.45. The summed E-state index contributed by atoms with van der Waals surface area (Å²) in [5.41, 5.74) is 1.00. The second kappa shape index (κ2) is 10.6. The van der Waals surface area contributed by atoms with Crippen molar-refractivity contribution in [2.75, 3.05) is 13.1 Å². The topological polar surface area (TPSA) is 98.1 Å². The lowest BCUT2D eigenvalue weighted by atomic mass is 10.0. The number of hydrogen-bond donors (Lipinski definition) is 2. The minimum absolute atomic E-state index is 0. The van der Waals surface area contributed by atoms with Gasteiger partial charge in [-0.25, -0.2) is 9.48 Å². The molecule has 2 rings (SSSR count). The van der Waals surface area contributed by atoms with Crippen LogP contribution in [0.4, 0.5) is 0 Å². The van der Waals surface area contributed by atoms with Gasteiger partial charge in [0.15, 0.2) is 5.69 Å². The Kier molecular flexibility index (Phi) is 9.18. The molecule has 2 N–H and O–H groups in total. The number of piperidine rings is 1. The summed E-state index contributed by atoms with van der Waals surface area (Å²) in [7, 11) is 0. The Bertz CT molecular complexity index is 627. The molecule has 1 fully saturated rings. The number of halogens is 1. The number of nitrogens with zero attached hydrogens (tertiary/aromatic N) is 3. The van der Waals surface area contributed by atoms with Gasteiger partial charge < -0.3 is 15.4 Å². The molecule has 1 atom stereocenters. The van der Waals surface area contributed by atoms with E-state index in [9.17, 15) is 9.59 Å². The van der Waals surface area contributed by atoms with Crippen molar-refractivity contribution >= 4 is 24.3 Å². The van der Waals surface area contributed by atoms with E-state index < -0.39 is 12.0 Å². The highest BCUT2D eigenvalue weighted by Crippen LogP contribution is 2.20. The lowest BCUT2D eigenvalue weighted by Crippen LogP contribution is -2.43. The molecule has 154 valence electrons. The van der Waals surface area contributed by atoms with Crippen LogP contribution in [-0.2, 0) is 9.53 Å². The summed E-state index contributed by atoms with van der Waals surface area (Å²) in [5.74, 6) is -0.550. The van der Waals surface area contributed by atoms with Gasteiger partial charge in [-0.2, -0.15) is 0 Å². The zero-order valence-corrected chi connectivity index (χ0v) is 17.6. The molecule has 1 aromatic rings. The fourth-order valence-electron chi connectivity index (χ4n) is 3.18. The van der Waals surface area contributed by atoms with Crippen LogP contribution in [0.3, 0.4) is 0 Å². The van der Waals surface area contributed by atoms with Crippen LogP contribution in [0.25, 0.3) is 0 Å². The smallest absolute Gasteiger partial charge is 0.328 e. The van der Waals surface area contributed by atoms with Crippen LogP contribution < -0.4 is 10.6 Å². The van der Waals surface area contributed by atoms with Gasteiger partial charge in [0.25, 0.3) is 5.91 Å². The monoisotopic (exact) mass is 401 g/mol. The molecule has 1 amide bonds. The Hall–Kier alpha value is -1.67. The molecule has 27 heavy (non-hydrogen) atoms. The van der Waals surface area contributed by atoms with E-state index >= 15 is 0 Å². The molecule has 1 aliphatic heterocycles. The predicted molar refractivity (Wildman–Crippen MR) is 105 cm³/mol. The molecule has 8 nitrogen and oxygen atoms in total. The Morgan fingerprint density at radius 3 is 2.44 bits per heavy atom. The molecule has 2 heterocycles. The molecule has 0 bridgehead atoms. The second-order valence-electron chi connectivity index (χ2n) is 7.59. The first kappa shape index (κ1) is 23.4. The van der Waals surface area contributed by atoms with Crippen molar-refractivity contribution in [2.24, 2.45) is 5.92 Å². The van der Waals surface area contributed by atoms with Crippen LogP contribution in [0.2, 0.25) is 0 Å². The first-order valence-corrected chi connectivity index (χ1v) is 9.43. The fraction of sp³-hybridized carbons (Fsp3) is 0.778. The van der Waals surface area contributed by atoms with Gasteiger partial charge in [0.2, 0.25) is 0 Å². The Morgan fingerprint density at radius 1 is 1.26 bits per heavy atom. The Labute approximate surface area is 167 Å². The van der Waals surface area contributed by atoms with Crippen molar-refractivity contribution in [3.05, 3.63) is 11.4 Å². The minimum Gasteiger partial charge on any atom is -0.461 e. The standard InChI is InChI=1S/C18H31N5O3.ClH/c1-11(2)10-15(18(25)26-12(3)4)20-17(24)16-13(5)23(22-21-16)14-6-8-19-9-7-14;/h11-12,14-15,19H,6-10H2,1-5H3,(H,20,24);1H/t15-;/m0./s1. The SMILES string of the molecule is Cc1c(C(=O)N[C@@H](CC(C)C)C(=O)OC(C)C)nnn1C1CCNCC1.Cl. The summed E-state index contributed by atoms with van der Waals surface area (Å²) in [4.78, 5) is 25.0. The molecule has 0 unspecified atom stereocenters. The van der Waals surface area contributed by atoms with Crippen LogP contribution in [0.15, 0.2) is 0 Å². The van der Waals surface area contributed by atoms with Crippen molar-refractivity contribution in [1.29, 1.82) is 0 Å². The zero-order chi connectivity index (χ0) is 19.3. The molecule has 1 aliphatic rings. The summed E-state index contributed by atoms with van der Waals surface area (Å²) in [6, 6.07) is -0.434. The molecule has 0 saturated carbocycles. The maximum Gasteiger partial charge on any atom is 0.328 e. The summed E-state index contributed by atoms with van der Waals surface area (Å²) in [6.45, 7) is 11.3. The second-order valence-corrected chi connectivity index (χ2v) is 7.59. The predicted octanol–water partition coefficient (Wildman–Crippen LogP) is 2.03. The van der Waals surface area contributed by atoms with Gasteiger partial charge in [-0.15, -0.1) is 17.5 Å². The number of aromatic nitrogens is 3. The van der Waals surface area contributed by atoms with Crippen molar-refractivity contribution in [3.63, 3.8) is 0 Å².